The van der Waals surface area contributed by atoms with Crippen molar-refractivity contribution >= 4 is 16.1 Å². The maximum absolute atomic E-state index is 13.3. The molecule has 1 aromatic rings. The van der Waals surface area contributed by atoms with Crippen LogP contribution in [0.3, 0.4) is 0 Å². The van der Waals surface area contributed by atoms with Crippen LogP contribution >= 0.6 is 0 Å². The average molecular weight is 336 g/mol. The smallest absolute Gasteiger partial charge is 0.405 e. The molecular weight excluding hydrogens is 318 g/mol. The Hall–Kier alpha value is -1.54. The summed E-state index contributed by atoms with van der Waals surface area (Å²) >= 11 is 0. The van der Waals surface area contributed by atoms with Gasteiger partial charge >= 0.3 is 21.3 Å². The Morgan fingerprint density at radius 2 is 1.77 bits per heavy atom. The van der Waals surface area contributed by atoms with Crippen LogP contribution in [0.25, 0.3) is 0 Å². The minimum absolute atomic E-state index is 0.0186. The molecule has 0 heterocycles. The maximum Gasteiger partial charge on any atom is 0.405 e. The van der Waals surface area contributed by atoms with Crippen molar-refractivity contribution in [2.24, 2.45) is 0 Å². The third-order valence-electron chi connectivity index (χ3n) is 3.43. The SMILES string of the molecule is CCC(C)c1ccc(C(=O)OC(C)C(F)(F)S(=O)(=O)O)cc1. The summed E-state index contributed by atoms with van der Waals surface area (Å²) in [5.41, 5.74) is 1.00. The highest BCUT2D eigenvalue weighted by Crippen LogP contribution is 2.28. The zero-order valence-corrected chi connectivity index (χ0v) is 13.2. The van der Waals surface area contributed by atoms with Crippen molar-refractivity contribution < 1.29 is 31.3 Å². The lowest BCUT2D eigenvalue weighted by molar-refractivity contribution is -0.0549. The van der Waals surface area contributed by atoms with E-state index in [1.807, 2.05) is 13.8 Å². The van der Waals surface area contributed by atoms with Crippen LogP contribution in [0.4, 0.5) is 8.78 Å². The number of carbonyl (C=O) groups excluding carboxylic acids is 1. The van der Waals surface area contributed by atoms with Crippen molar-refractivity contribution in [2.75, 3.05) is 0 Å². The molecule has 0 aliphatic rings. The molecular formula is C14H18F2O5S. The first-order chi connectivity index (χ1) is 10.0. The van der Waals surface area contributed by atoms with E-state index in [9.17, 15) is 22.0 Å². The number of esters is 1. The number of carbonyl (C=O) groups is 1. The molecule has 124 valence electrons. The minimum atomic E-state index is -5.66. The minimum Gasteiger partial charge on any atom is -0.451 e. The van der Waals surface area contributed by atoms with Crippen molar-refractivity contribution in [1.29, 1.82) is 0 Å². The van der Waals surface area contributed by atoms with Crippen LogP contribution in [0.1, 0.15) is 49.0 Å². The molecule has 0 amide bonds. The van der Waals surface area contributed by atoms with Crippen LogP contribution in [0.15, 0.2) is 24.3 Å². The van der Waals surface area contributed by atoms with Gasteiger partial charge in [-0.2, -0.15) is 17.2 Å². The first-order valence-corrected chi connectivity index (χ1v) is 8.10. The third-order valence-corrected chi connectivity index (χ3v) is 4.45. The molecule has 0 aliphatic heterocycles. The van der Waals surface area contributed by atoms with Crippen LogP contribution in [-0.4, -0.2) is 30.3 Å². The van der Waals surface area contributed by atoms with Gasteiger partial charge in [-0.1, -0.05) is 26.0 Å². The van der Waals surface area contributed by atoms with Crippen molar-refractivity contribution in [3.8, 4) is 0 Å². The number of halogens is 2. The number of hydrogen-bond acceptors (Lipinski definition) is 4. The van der Waals surface area contributed by atoms with E-state index in [0.717, 1.165) is 12.0 Å². The average Bonchev–Trinajstić information content (AvgIpc) is 2.45. The van der Waals surface area contributed by atoms with Crippen LogP contribution in [0, 0.1) is 0 Å². The van der Waals surface area contributed by atoms with Gasteiger partial charge in [-0.3, -0.25) is 4.55 Å². The molecule has 0 radical (unpaired) electrons. The fourth-order valence-electron chi connectivity index (χ4n) is 1.69. The number of benzene rings is 1. The lowest BCUT2D eigenvalue weighted by Gasteiger charge is -2.20. The Morgan fingerprint density at radius 3 is 2.18 bits per heavy atom. The zero-order valence-electron chi connectivity index (χ0n) is 12.4. The fraction of sp³-hybridized carbons (Fsp3) is 0.500. The van der Waals surface area contributed by atoms with E-state index < -0.39 is 27.4 Å². The molecule has 1 aromatic carbocycles. The molecule has 0 aliphatic carbocycles. The Morgan fingerprint density at radius 1 is 1.27 bits per heavy atom. The van der Waals surface area contributed by atoms with Gasteiger partial charge in [0.25, 0.3) is 0 Å². The number of hydrogen-bond donors (Lipinski definition) is 1. The molecule has 0 bridgehead atoms. The molecule has 0 spiro atoms. The van der Waals surface area contributed by atoms with Crippen molar-refractivity contribution in [1.82, 2.24) is 0 Å². The van der Waals surface area contributed by atoms with E-state index >= 15 is 0 Å². The molecule has 0 saturated heterocycles. The van der Waals surface area contributed by atoms with Gasteiger partial charge in [-0.25, -0.2) is 4.79 Å². The first kappa shape index (κ1) is 18.5. The monoisotopic (exact) mass is 336 g/mol. The zero-order chi connectivity index (χ0) is 17.1. The molecule has 22 heavy (non-hydrogen) atoms. The first-order valence-electron chi connectivity index (χ1n) is 6.66. The summed E-state index contributed by atoms with van der Waals surface area (Å²) in [7, 11) is -5.66. The second-order valence-corrected chi connectivity index (χ2v) is 6.51. The molecule has 5 nitrogen and oxygen atoms in total. The fourth-order valence-corrected chi connectivity index (χ4v) is 2.16. The summed E-state index contributed by atoms with van der Waals surface area (Å²) in [4.78, 5) is 11.7. The van der Waals surface area contributed by atoms with Crippen molar-refractivity contribution in [2.45, 2.75) is 44.5 Å². The second kappa shape index (κ2) is 6.70. The van der Waals surface area contributed by atoms with Crippen LogP contribution in [0.5, 0.6) is 0 Å². The summed E-state index contributed by atoms with van der Waals surface area (Å²) in [5.74, 6) is -0.806. The molecule has 1 N–H and O–H groups in total. The largest absolute Gasteiger partial charge is 0.451 e. The molecule has 0 saturated carbocycles. The maximum atomic E-state index is 13.3. The highest BCUT2D eigenvalue weighted by molar-refractivity contribution is 7.86. The van der Waals surface area contributed by atoms with Crippen LogP contribution in [-0.2, 0) is 14.9 Å². The highest BCUT2D eigenvalue weighted by Gasteiger charge is 2.52. The van der Waals surface area contributed by atoms with Gasteiger partial charge in [0.1, 0.15) is 0 Å². The van der Waals surface area contributed by atoms with Crippen molar-refractivity contribution in [3.05, 3.63) is 35.4 Å². The number of rotatable bonds is 6. The highest BCUT2D eigenvalue weighted by atomic mass is 32.2. The van der Waals surface area contributed by atoms with E-state index in [4.69, 9.17) is 4.55 Å². The molecule has 0 aromatic heterocycles. The van der Waals surface area contributed by atoms with Gasteiger partial charge in [-0.15, -0.1) is 0 Å². The lowest BCUT2D eigenvalue weighted by Crippen LogP contribution is -2.42. The Bertz CT molecular complexity index is 625. The van der Waals surface area contributed by atoms with Gasteiger partial charge < -0.3 is 4.74 Å². The molecule has 2 unspecified atom stereocenters. The summed E-state index contributed by atoms with van der Waals surface area (Å²) in [6, 6.07) is 6.19. The molecule has 2 atom stereocenters. The van der Waals surface area contributed by atoms with Gasteiger partial charge in [0.15, 0.2) is 6.10 Å². The lowest BCUT2D eigenvalue weighted by atomic mass is 9.98. The quantitative estimate of drug-likeness (QED) is 0.637. The topological polar surface area (TPSA) is 80.7 Å². The Labute approximate surface area is 128 Å². The van der Waals surface area contributed by atoms with Gasteiger partial charge in [0.05, 0.1) is 5.56 Å². The van der Waals surface area contributed by atoms with E-state index in [0.29, 0.717) is 6.92 Å². The Balaban J connectivity index is 2.86. The molecule has 0 fully saturated rings. The summed E-state index contributed by atoms with van der Waals surface area (Å²) in [6.45, 7) is 4.70. The van der Waals surface area contributed by atoms with E-state index in [-0.39, 0.29) is 11.5 Å². The van der Waals surface area contributed by atoms with Gasteiger partial charge in [0, 0.05) is 0 Å². The summed E-state index contributed by atoms with van der Waals surface area (Å²) in [6.07, 6.45) is -1.41. The van der Waals surface area contributed by atoms with Gasteiger partial charge in [-0.05, 0) is 37.0 Å². The second-order valence-electron chi connectivity index (χ2n) is 5.02. The van der Waals surface area contributed by atoms with Crippen LogP contribution < -0.4 is 0 Å². The predicted molar refractivity (Wildman–Crippen MR) is 76.5 cm³/mol. The summed E-state index contributed by atoms with van der Waals surface area (Å²) in [5, 5.41) is -4.57. The molecule has 8 heteroatoms. The third kappa shape index (κ3) is 4.01. The van der Waals surface area contributed by atoms with E-state index in [2.05, 4.69) is 4.74 Å². The van der Waals surface area contributed by atoms with Crippen molar-refractivity contribution in [3.63, 3.8) is 0 Å². The van der Waals surface area contributed by atoms with Crippen LogP contribution in [0.2, 0.25) is 0 Å². The van der Waals surface area contributed by atoms with Gasteiger partial charge in [0.2, 0.25) is 0 Å². The van der Waals surface area contributed by atoms with E-state index in [1.54, 1.807) is 12.1 Å². The standard InChI is InChI=1S/C14H18F2O5S/c1-4-9(2)11-5-7-12(8-6-11)13(17)21-10(3)14(15,16)22(18,19)20/h5-10H,4H2,1-3H3,(H,18,19,20). The Kier molecular flexibility index (Phi) is 5.64. The number of ether oxygens (including phenoxy) is 1. The summed E-state index contributed by atoms with van der Waals surface area (Å²) < 4.78 is 60.6. The number of alkyl halides is 2. The normalized spacial score (nSPS) is 15.2. The van der Waals surface area contributed by atoms with E-state index in [1.165, 1.54) is 12.1 Å². The molecule has 1 rings (SSSR count). The predicted octanol–water partition coefficient (Wildman–Crippen LogP) is 3.23.